The molecule has 106 valence electrons. The highest BCUT2D eigenvalue weighted by Gasteiger charge is 2.34. The van der Waals surface area contributed by atoms with Crippen molar-refractivity contribution < 1.29 is 8.42 Å². The van der Waals surface area contributed by atoms with Gasteiger partial charge in [-0.15, -0.1) is 0 Å². The molecule has 2 saturated carbocycles. The van der Waals surface area contributed by atoms with Crippen LogP contribution in [0.3, 0.4) is 0 Å². The van der Waals surface area contributed by atoms with Crippen molar-refractivity contribution in [2.24, 2.45) is 11.8 Å². The molecule has 2 aliphatic rings. The van der Waals surface area contributed by atoms with E-state index in [0.29, 0.717) is 18.4 Å². The Balaban J connectivity index is 1.80. The largest absolute Gasteiger partial charge is 0.316 e. The van der Waals surface area contributed by atoms with Crippen molar-refractivity contribution in [2.45, 2.75) is 39.0 Å². The zero-order valence-electron chi connectivity index (χ0n) is 11.4. The van der Waals surface area contributed by atoms with Crippen molar-refractivity contribution in [3.63, 3.8) is 0 Å². The standard InChI is InChI=1S/C13H26N2O2S/c1-2-7-14-8-9-18(16,17)15(10-12-3-4-12)11-13-5-6-13/h12-14H,2-11H2,1H3. The highest BCUT2D eigenvalue weighted by molar-refractivity contribution is 7.89. The molecule has 0 aromatic heterocycles. The lowest BCUT2D eigenvalue weighted by atomic mass is 10.4. The van der Waals surface area contributed by atoms with Gasteiger partial charge >= 0.3 is 0 Å². The Morgan fingerprint density at radius 2 is 1.61 bits per heavy atom. The van der Waals surface area contributed by atoms with Gasteiger partial charge < -0.3 is 5.32 Å². The average molecular weight is 274 g/mol. The Morgan fingerprint density at radius 3 is 2.06 bits per heavy atom. The number of sulfonamides is 1. The first-order valence-electron chi connectivity index (χ1n) is 7.30. The van der Waals surface area contributed by atoms with Crippen molar-refractivity contribution >= 4 is 10.0 Å². The molecule has 0 radical (unpaired) electrons. The predicted octanol–water partition coefficient (Wildman–Crippen LogP) is 1.44. The summed E-state index contributed by atoms with van der Waals surface area (Å²) in [5.74, 6) is 1.54. The molecule has 0 amide bonds. The summed E-state index contributed by atoms with van der Waals surface area (Å²) in [5, 5.41) is 3.18. The number of hydrogen-bond donors (Lipinski definition) is 1. The van der Waals surface area contributed by atoms with E-state index in [1.807, 2.05) is 0 Å². The van der Waals surface area contributed by atoms with Crippen LogP contribution >= 0.6 is 0 Å². The molecule has 0 aromatic carbocycles. The minimum absolute atomic E-state index is 0.256. The number of nitrogens with one attached hydrogen (secondary N) is 1. The van der Waals surface area contributed by atoms with E-state index < -0.39 is 10.0 Å². The normalized spacial score (nSPS) is 20.6. The van der Waals surface area contributed by atoms with E-state index in [1.165, 1.54) is 25.7 Å². The second-order valence-electron chi connectivity index (χ2n) is 5.77. The lowest BCUT2D eigenvalue weighted by Gasteiger charge is -2.22. The topological polar surface area (TPSA) is 49.4 Å². The SMILES string of the molecule is CCCNCCS(=O)(=O)N(CC1CC1)CC1CC1. The second-order valence-corrected chi connectivity index (χ2v) is 7.86. The zero-order valence-corrected chi connectivity index (χ0v) is 12.2. The van der Waals surface area contributed by atoms with Crippen LogP contribution < -0.4 is 5.32 Å². The Hall–Kier alpha value is -0.130. The Morgan fingerprint density at radius 1 is 1.06 bits per heavy atom. The second kappa shape index (κ2) is 6.35. The molecule has 0 atom stereocenters. The summed E-state index contributed by atoms with van der Waals surface area (Å²) in [5.41, 5.74) is 0. The first-order chi connectivity index (χ1) is 8.62. The summed E-state index contributed by atoms with van der Waals surface area (Å²) in [6, 6.07) is 0. The van der Waals surface area contributed by atoms with Crippen LogP contribution in [-0.2, 0) is 10.0 Å². The fourth-order valence-electron chi connectivity index (χ4n) is 2.11. The molecule has 0 spiro atoms. The highest BCUT2D eigenvalue weighted by Crippen LogP contribution is 2.34. The van der Waals surface area contributed by atoms with Gasteiger partial charge in [-0.2, -0.15) is 0 Å². The van der Waals surface area contributed by atoms with Crippen LogP contribution in [0.4, 0.5) is 0 Å². The van der Waals surface area contributed by atoms with Gasteiger partial charge in [-0.1, -0.05) is 6.92 Å². The molecular weight excluding hydrogens is 248 g/mol. The fraction of sp³-hybridized carbons (Fsp3) is 1.00. The Bertz CT molecular complexity index is 334. The van der Waals surface area contributed by atoms with Gasteiger partial charge in [0.2, 0.25) is 10.0 Å². The van der Waals surface area contributed by atoms with E-state index in [0.717, 1.165) is 26.1 Å². The van der Waals surface area contributed by atoms with Gasteiger partial charge in [-0.25, -0.2) is 12.7 Å². The quantitative estimate of drug-likeness (QED) is 0.613. The van der Waals surface area contributed by atoms with Crippen LogP contribution in [0.25, 0.3) is 0 Å². The maximum Gasteiger partial charge on any atom is 0.215 e. The number of rotatable bonds is 10. The van der Waals surface area contributed by atoms with Gasteiger partial charge in [0.15, 0.2) is 0 Å². The highest BCUT2D eigenvalue weighted by atomic mass is 32.2. The zero-order chi connectivity index (χ0) is 13.0. The molecule has 4 nitrogen and oxygen atoms in total. The smallest absolute Gasteiger partial charge is 0.215 e. The van der Waals surface area contributed by atoms with Crippen molar-refractivity contribution in [1.82, 2.24) is 9.62 Å². The summed E-state index contributed by atoms with van der Waals surface area (Å²) in [4.78, 5) is 0. The van der Waals surface area contributed by atoms with E-state index >= 15 is 0 Å². The van der Waals surface area contributed by atoms with Gasteiger partial charge in [0, 0.05) is 19.6 Å². The molecule has 1 N–H and O–H groups in total. The lowest BCUT2D eigenvalue weighted by Crippen LogP contribution is -2.39. The first kappa shape index (κ1) is 14.3. The van der Waals surface area contributed by atoms with Crippen molar-refractivity contribution in [3.8, 4) is 0 Å². The third-order valence-electron chi connectivity index (χ3n) is 3.67. The van der Waals surface area contributed by atoms with Crippen LogP contribution in [0.2, 0.25) is 0 Å². The molecule has 2 rings (SSSR count). The molecule has 0 saturated heterocycles. The molecule has 0 aromatic rings. The van der Waals surface area contributed by atoms with Gasteiger partial charge in [0.25, 0.3) is 0 Å². The maximum atomic E-state index is 12.3. The van der Waals surface area contributed by atoms with Crippen LogP contribution in [0.1, 0.15) is 39.0 Å². The summed E-state index contributed by atoms with van der Waals surface area (Å²) in [6.07, 6.45) is 5.90. The van der Waals surface area contributed by atoms with Crippen LogP contribution in [0.15, 0.2) is 0 Å². The number of nitrogens with zero attached hydrogens (tertiary/aromatic N) is 1. The Kier molecular flexibility index (Phi) is 5.04. The Labute approximate surface area is 111 Å². The predicted molar refractivity (Wildman–Crippen MR) is 74.0 cm³/mol. The first-order valence-corrected chi connectivity index (χ1v) is 8.91. The molecule has 5 heteroatoms. The maximum absolute atomic E-state index is 12.3. The minimum Gasteiger partial charge on any atom is -0.316 e. The van der Waals surface area contributed by atoms with Gasteiger partial charge in [-0.05, 0) is 50.5 Å². The monoisotopic (exact) mass is 274 g/mol. The molecule has 0 heterocycles. The van der Waals surface area contributed by atoms with E-state index in [2.05, 4.69) is 12.2 Å². The summed E-state index contributed by atoms with van der Waals surface area (Å²) in [7, 11) is -3.04. The van der Waals surface area contributed by atoms with E-state index in [1.54, 1.807) is 4.31 Å². The van der Waals surface area contributed by atoms with Crippen molar-refractivity contribution in [3.05, 3.63) is 0 Å². The van der Waals surface area contributed by atoms with E-state index in [-0.39, 0.29) is 5.75 Å². The summed E-state index contributed by atoms with van der Waals surface area (Å²) < 4.78 is 26.4. The molecule has 0 unspecified atom stereocenters. The van der Waals surface area contributed by atoms with Crippen molar-refractivity contribution in [2.75, 3.05) is 31.9 Å². The average Bonchev–Trinajstić information content (AvgIpc) is 3.17. The minimum atomic E-state index is -3.04. The fourth-order valence-corrected chi connectivity index (χ4v) is 3.65. The van der Waals surface area contributed by atoms with Gasteiger partial charge in [0.1, 0.15) is 0 Å². The van der Waals surface area contributed by atoms with Crippen LogP contribution in [-0.4, -0.2) is 44.7 Å². The van der Waals surface area contributed by atoms with Gasteiger partial charge in [-0.3, -0.25) is 0 Å². The summed E-state index contributed by atoms with van der Waals surface area (Å²) >= 11 is 0. The van der Waals surface area contributed by atoms with E-state index in [9.17, 15) is 8.42 Å². The number of hydrogen-bond acceptors (Lipinski definition) is 3. The third-order valence-corrected chi connectivity index (χ3v) is 5.48. The third kappa shape index (κ3) is 4.86. The summed E-state index contributed by atoms with van der Waals surface area (Å²) in [6.45, 7) is 5.12. The molecule has 2 fully saturated rings. The molecule has 18 heavy (non-hydrogen) atoms. The van der Waals surface area contributed by atoms with Crippen LogP contribution in [0.5, 0.6) is 0 Å². The van der Waals surface area contributed by atoms with E-state index in [4.69, 9.17) is 0 Å². The molecular formula is C13H26N2O2S. The molecule has 2 aliphatic carbocycles. The lowest BCUT2D eigenvalue weighted by molar-refractivity contribution is 0.381. The van der Waals surface area contributed by atoms with Gasteiger partial charge in [0.05, 0.1) is 5.75 Å². The van der Waals surface area contributed by atoms with Crippen molar-refractivity contribution in [1.29, 1.82) is 0 Å². The molecule has 0 bridgehead atoms. The van der Waals surface area contributed by atoms with Crippen LogP contribution in [0, 0.1) is 11.8 Å². The molecule has 0 aliphatic heterocycles.